The topological polar surface area (TPSA) is 55.4 Å². The van der Waals surface area contributed by atoms with Gasteiger partial charge in [-0.15, -0.1) is 0 Å². The van der Waals surface area contributed by atoms with E-state index in [-0.39, 0.29) is 17.5 Å². The normalized spacial score (nSPS) is 42.0. The van der Waals surface area contributed by atoms with Gasteiger partial charge >= 0.3 is 5.97 Å². The van der Waals surface area contributed by atoms with E-state index in [9.17, 15) is 9.59 Å². The predicted octanol–water partition coefficient (Wildman–Crippen LogP) is 5.41. The summed E-state index contributed by atoms with van der Waals surface area (Å²) in [7, 11) is 0. The molecule has 5 aliphatic carbocycles. The van der Waals surface area contributed by atoms with Crippen molar-refractivity contribution in [3.05, 3.63) is 12.7 Å². The summed E-state index contributed by atoms with van der Waals surface area (Å²) in [5.41, 5.74) is 0.294. The average molecular weight is 416 g/mol. The molecule has 5 rings (SSSR count). The lowest BCUT2D eigenvalue weighted by atomic mass is 9.42. The number of rotatable bonds is 8. The van der Waals surface area contributed by atoms with Crippen molar-refractivity contribution in [3.8, 4) is 0 Å². The molecule has 0 spiro atoms. The second kappa shape index (κ2) is 8.67. The molecule has 0 aromatic heterocycles. The second-order valence-electron chi connectivity index (χ2n) is 11.4. The smallest absolute Gasteiger partial charge is 0.306 e. The largest absolute Gasteiger partial charge is 0.458 e. The van der Waals surface area contributed by atoms with Crippen LogP contribution in [0.5, 0.6) is 0 Å². The van der Waals surface area contributed by atoms with Gasteiger partial charge in [0.25, 0.3) is 0 Å². The average Bonchev–Trinajstić information content (AvgIpc) is 2.70. The number of hydrogen-bond donors (Lipinski definition) is 1. The Morgan fingerprint density at radius 3 is 2.30 bits per heavy atom. The molecule has 0 aromatic rings. The number of ether oxygens (including phenoxy) is 1. The molecular formula is C26H41NO3. The predicted molar refractivity (Wildman–Crippen MR) is 119 cm³/mol. The fourth-order valence-corrected chi connectivity index (χ4v) is 7.95. The van der Waals surface area contributed by atoms with E-state index in [1.807, 2.05) is 0 Å². The number of amides is 1. The van der Waals surface area contributed by atoms with Gasteiger partial charge in [-0.2, -0.15) is 0 Å². The summed E-state index contributed by atoms with van der Waals surface area (Å²) in [6.07, 6.45) is 14.8. The molecule has 0 aromatic carbocycles. The monoisotopic (exact) mass is 415 g/mol. The van der Waals surface area contributed by atoms with Crippen molar-refractivity contribution in [2.45, 2.75) is 96.5 Å². The molecule has 0 radical (unpaired) electrons. The molecule has 1 N–H and O–H groups in total. The van der Waals surface area contributed by atoms with Crippen LogP contribution in [-0.2, 0) is 14.3 Å². The van der Waals surface area contributed by atoms with Crippen LogP contribution in [0.3, 0.4) is 0 Å². The Hall–Kier alpha value is -1.32. The molecule has 2 atom stereocenters. The molecule has 5 fully saturated rings. The van der Waals surface area contributed by atoms with Crippen molar-refractivity contribution < 1.29 is 14.3 Å². The minimum Gasteiger partial charge on any atom is -0.458 e. The summed E-state index contributed by atoms with van der Waals surface area (Å²) in [5.74, 6) is 3.23. The summed E-state index contributed by atoms with van der Waals surface area (Å²) in [6.45, 7) is 8.92. The van der Waals surface area contributed by atoms with Gasteiger partial charge in [0.15, 0.2) is 0 Å². The van der Waals surface area contributed by atoms with Gasteiger partial charge in [0, 0.05) is 24.8 Å². The fraction of sp³-hybridized carbons (Fsp3) is 0.846. The Bertz CT molecular complexity index is 647. The highest BCUT2D eigenvalue weighted by Gasteiger charge is 2.65. The summed E-state index contributed by atoms with van der Waals surface area (Å²) < 4.78 is 6.64. The Morgan fingerprint density at radius 2 is 1.70 bits per heavy atom. The number of nitrogens with one attached hydrogen (secondary N) is 1. The molecule has 1 amide bonds. The standard InChI is InChI=1S/C26H41NO3/c1-4-23(28)27-12-6-5-7-24(29)30-26(20-10-8-18(2)9-11-20)21-13-19-14-22(26)17-25(3,15-19)16-21/h4,18-22H,1,5-17H2,2-3H3,(H,27,28). The zero-order valence-electron chi connectivity index (χ0n) is 19.1. The van der Waals surface area contributed by atoms with Crippen molar-refractivity contribution in [2.75, 3.05) is 6.54 Å². The summed E-state index contributed by atoms with van der Waals surface area (Å²) in [4.78, 5) is 24.3. The highest BCUT2D eigenvalue weighted by molar-refractivity contribution is 5.86. The Balaban J connectivity index is 1.42. The zero-order valence-corrected chi connectivity index (χ0v) is 19.1. The number of carbonyl (C=O) groups excluding carboxylic acids is 2. The zero-order chi connectivity index (χ0) is 21.4. The van der Waals surface area contributed by atoms with Gasteiger partial charge < -0.3 is 10.1 Å². The summed E-state index contributed by atoms with van der Waals surface area (Å²) >= 11 is 0. The molecule has 4 heteroatoms. The maximum Gasteiger partial charge on any atom is 0.306 e. The number of esters is 1. The van der Waals surface area contributed by atoms with Crippen LogP contribution in [-0.4, -0.2) is 24.0 Å². The van der Waals surface area contributed by atoms with Gasteiger partial charge in [-0.05, 0) is 87.0 Å². The van der Waals surface area contributed by atoms with E-state index in [4.69, 9.17) is 4.74 Å². The molecule has 5 aliphatic rings. The molecule has 168 valence electrons. The summed E-state index contributed by atoms with van der Waals surface area (Å²) in [5, 5.41) is 2.79. The van der Waals surface area contributed by atoms with Crippen molar-refractivity contribution in [1.29, 1.82) is 0 Å². The first kappa shape index (κ1) is 21.9. The number of unbranched alkanes of at least 4 members (excludes halogenated alkanes) is 1. The molecule has 4 bridgehead atoms. The first-order valence-corrected chi connectivity index (χ1v) is 12.5. The van der Waals surface area contributed by atoms with Crippen molar-refractivity contribution in [1.82, 2.24) is 5.32 Å². The molecule has 0 saturated heterocycles. The Morgan fingerprint density at radius 1 is 1.03 bits per heavy atom. The molecule has 0 heterocycles. The van der Waals surface area contributed by atoms with Gasteiger partial charge in [-0.3, -0.25) is 9.59 Å². The van der Waals surface area contributed by atoms with E-state index in [1.54, 1.807) is 0 Å². The molecule has 4 nitrogen and oxygen atoms in total. The third kappa shape index (κ3) is 4.21. The van der Waals surface area contributed by atoms with E-state index in [0.717, 1.165) is 24.7 Å². The number of carbonyl (C=O) groups is 2. The van der Waals surface area contributed by atoms with Crippen LogP contribution in [0.1, 0.15) is 90.9 Å². The van der Waals surface area contributed by atoms with Crippen LogP contribution >= 0.6 is 0 Å². The van der Waals surface area contributed by atoms with Crippen LogP contribution in [0.25, 0.3) is 0 Å². The highest BCUT2D eigenvalue weighted by atomic mass is 16.6. The van der Waals surface area contributed by atoms with Crippen molar-refractivity contribution >= 4 is 11.9 Å². The Labute approximate surface area is 182 Å². The van der Waals surface area contributed by atoms with Crippen LogP contribution < -0.4 is 5.32 Å². The molecule has 5 saturated carbocycles. The Kier molecular flexibility index (Phi) is 6.33. The van der Waals surface area contributed by atoms with Gasteiger partial charge in [-0.25, -0.2) is 0 Å². The van der Waals surface area contributed by atoms with Gasteiger partial charge in [0.1, 0.15) is 5.60 Å². The van der Waals surface area contributed by atoms with Crippen LogP contribution in [0.4, 0.5) is 0 Å². The highest BCUT2D eigenvalue weighted by Crippen LogP contribution is 2.67. The maximum absolute atomic E-state index is 13.1. The summed E-state index contributed by atoms with van der Waals surface area (Å²) in [6, 6.07) is 0. The van der Waals surface area contributed by atoms with E-state index in [1.165, 1.54) is 63.9 Å². The van der Waals surface area contributed by atoms with Crippen LogP contribution in [0.15, 0.2) is 12.7 Å². The first-order chi connectivity index (χ1) is 14.3. The lowest BCUT2D eigenvalue weighted by molar-refractivity contribution is -0.246. The minimum atomic E-state index is -0.190. The minimum absolute atomic E-state index is 0.00120. The van der Waals surface area contributed by atoms with Crippen molar-refractivity contribution in [3.63, 3.8) is 0 Å². The lowest BCUT2D eigenvalue weighted by Crippen LogP contribution is -2.65. The third-order valence-corrected chi connectivity index (χ3v) is 9.01. The molecule has 30 heavy (non-hydrogen) atoms. The first-order valence-electron chi connectivity index (χ1n) is 12.5. The third-order valence-electron chi connectivity index (χ3n) is 9.01. The van der Waals surface area contributed by atoms with E-state index >= 15 is 0 Å². The fourth-order valence-electron chi connectivity index (χ4n) is 7.95. The molecule has 0 aliphatic heterocycles. The van der Waals surface area contributed by atoms with E-state index in [2.05, 4.69) is 25.7 Å². The van der Waals surface area contributed by atoms with E-state index < -0.39 is 0 Å². The van der Waals surface area contributed by atoms with Crippen molar-refractivity contribution in [2.24, 2.45) is 35.0 Å². The quantitative estimate of drug-likeness (QED) is 0.327. The second-order valence-corrected chi connectivity index (χ2v) is 11.4. The molecular weight excluding hydrogens is 374 g/mol. The maximum atomic E-state index is 13.1. The SMILES string of the molecule is C=CC(=O)NCCCCC(=O)OC1(C2CCC(C)CC2)C2CC3CC1CC(C)(C3)C2. The lowest BCUT2D eigenvalue weighted by Gasteiger charge is -2.66. The van der Waals surface area contributed by atoms with Gasteiger partial charge in [0.05, 0.1) is 0 Å². The van der Waals surface area contributed by atoms with Crippen LogP contribution in [0, 0.1) is 35.0 Å². The van der Waals surface area contributed by atoms with Gasteiger partial charge in [0.2, 0.25) is 5.91 Å². The number of hydrogen-bond acceptors (Lipinski definition) is 3. The van der Waals surface area contributed by atoms with E-state index in [0.29, 0.717) is 36.1 Å². The molecule has 2 unspecified atom stereocenters. The van der Waals surface area contributed by atoms with Crippen LogP contribution in [0.2, 0.25) is 0 Å². The van der Waals surface area contributed by atoms with Gasteiger partial charge in [-0.1, -0.05) is 33.3 Å².